The number of allylic oxidation sites excluding steroid dienone is 1. The van der Waals surface area contributed by atoms with Crippen molar-refractivity contribution in [2.75, 3.05) is 20.8 Å². The van der Waals surface area contributed by atoms with Gasteiger partial charge >= 0.3 is 11.9 Å². The Kier molecular flexibility index (Phi) is 11.5. The molecule has 1 aliphatic rings. The monoisotopic (exact) mass is 724 g/mol. The smallest absolute Gasteiger partial charge is 0.338 e. The highest BCUT2D eigenvalue weighted by Gasteiger charge is 2.34. The molecule has 1 N–H and O–H groups in total. The van der Waals surface area contributed by atoms with Crippen molar-refractivity contribution in [2.45, 2.75) is 33.7 Å². The van der Waals surface area contributed by atoms with Crippen molar-refractivity contribution in [3.05, 3.63) is 121 Å². The van der Waals surface area contributed by atoms with E-state index in [0.29, 0.717) is 38.5 Å². The topological polar surface area (TPSA) is 161 Å². The van der Waals surface area contributed by atoms with Crippen LogP contribution in [0.3, 0.4) is 0 Å². The van der Waals surface area contributed by atoms with E-state index >= 15 is 0 Å². The van der Waals surface area contributed by atoms with Gasteiger partial charge in [-0.3, -0.25) is 19.0 Å². The van der Waals surface area contributed by atoms with Crippen molar-refractivity contribution in [2.24, 2.45) is 4.99 Å². The second-order valence-corrected chi connectivity index (χ2v) is 12.3. The highest BCUT2D eigenvalue weighted by molar-refractivity contribution is 7.07. The first-order chi connectivity index (χ1) is 24.9. The third kappa shape index (κ3) is 8.02. The number of benzene rings is 3. The Bertz CT molecular complexity index is 2340. The minimum atomic E-state index is -0.895. The van der Waals surface area contributed by atoms with Crippen LogP contribution in [-0.2, 0) is 19.1 Å². The number of rotatable bonds is 9. The molecule has 0 bridgehead atoms. The van der Waals surface area contributed by atoms with Crippen LogP contribution in [0.4, 0.5) is 0 Å². The number of carboxylic acids is 1. The third-order valence-electron chi connectivity index (χ3n) is 7.67. The van der Waals surface area contributed by atoms with Crippen LogP contribution in [0.1, 0.15) is 44.9 Å². The summed E-state index contributed by atoms with van der Waals surface area (Å²) in [6, 6.07) is 21.3. The summed E-state index contributed by atoms with van der Waals surface area (Å²) in [5.41, 5.74) is 3.87. The number of nitrogens with zero attached hydrogens (tertiary/aromatic N) is 4. The number of carboxylic acid groups (broad SMARTS) is 1. The number of hydrogen-bond donors (Lipinski definition) is 1. The fourth-order valence-corrected chi connectivity index (χ4v) is 6.59. The summed E-state index contributed by atoms with van der Waals surface area (Å²) in [7, 11) is 2.72. The second kappa shape index (κ2) is 16.2. The fourth-order valence-electron chi connectivity index (χ4n) is 5.55. The summed E-state index contributed by atoms with van der Waals surface area (Å²) >= 11 is 1.20. The average Bonchev–Trinajstić information content (AvgIpc) is 3.68. The van der Waals surface area contributed by atoms with Gasteiger partial charge in [0, 0.05) is 31.2 Å². The zero-order valence-corrected chi connectivity index (χ0v) is 30.1. The molecule has 268 valence electrons. The van der Waals surface area contributed by atoms with E-state index < -0.39 is 23.9 Å². The van der Waals surface area contributed by atoms with E-state index in [1.807, 2.05) is 67.7 Å². The standard InChI is InChI=1S/C36H32N4O7S.C2H4O2/c1-6-46-27-15-12-23(13-16-27)32-25(20-39(38-32)26-10-8-7-9-11-26)19-30-34(42)40-33(31(35(43)45-5)21(2)37-36(40)48-30)24-14-17-28(47-22(3)41)29(18-24)44-4;1-2(3)4/h7-20,33H,6H2,1-5H3;1H3,(H,3,4). The molecule has 0 amide bonds. The molecule has 5 aromatic rings. The lowest BCUT2D eigenvalue weighted by Gasteiger charge is -2.25. The molecular weight excluding hydrogens is 689 g/mol. The van der Waals surface area contributed by atoms with Gasteiger partial charge in [-0.1, -0.05) is 35.6 Å². The second-order valence-electron chi connectivity index (χ2n) is 11.3. The molecule has 52 heavy (non-hydrogen) atoms. The maximum atomic E-state index is 14.3. The quantitative estimate of drug-likeness (QED) is 0.167. The van der Waals surface area contributed by atoms with Gasteiger partial charge in [-0.05, 0) is 74.0 Å². The van der Waals surface area contributed by atoms with Crippen molar-refractivity contribution >= 4 is 35.3 Å². The molecule has 0 saturated heterocycles. The summed E-state index contributed by atoms with van der Waals surface area (Å²) in [5.74, 6) is -0.760. The van der Waals surface area contributed by atoms with Crippen LogP contribution < -0.4 is 29.1 Å². The largest absolute Gasteiger partial charge is 0.494 e. The molecule has 1 aliphatic heterocycles. The molecule has 13 nitrogen and oxygen atoms in total. The van der Waals surface area contributed by atoms with Gasteiger partial charge < -0.3 is 24.1 Å². The molecule has 0 radical (unpaired) electrons. The van der Waals surface area contributed by atoms with Crippen molar-refractivity contribution in [3.8, 4) is 34.2 Å². The lowest BCUT2D eigenvalue weighted by molar-refractivity contribution is -0.137. The minimum absolute atomic E-state index is 0.200. The normalized spacial score (nSPS) is 13.7. The Balaban J connectivity index is 0.00000124. The maximum absolute atomic E-state index is 14.3. The number of carbonyl (C=O) groups is 3. The van der Waals surface area contributed by atoms with Gasteiger partial charge in [0.15, 0.2) is 16.3 Å². The number of hydrogen-bond acceptors (Lipinski definition) is 11. The molecule has 3 aromatic carbocycles. The van der Waals surface area contributed by atoms with Gasteiger partial charge in [-0.2, -0.15) is 5.10 Å². The van der Waals surface area contributed by atoms with Crippen molar-refractivity contribution in [1.82, 2.24) is 14.3 Å². The first-order valence-corrected chi connectivity index (χ1v) is 16.8. The van der Waals surface area contributed by atoms with Gasteiger partial charge in [-0.25, -0.2) is 14.5 Å². The van der Waals surface area contributed by atoms with E-state index in [1.165, 1.54) is 37.0 Å². The van der Waals surface area contributed by atoms with Crippen LogP contribution in [-0.4, -0.2) is 58.2 Å². The SMILES string of the molecule is CC(=O)O.CCOc1ccc(-c2nn(-c3ccccc3)cc2C=c2sc3n(c2=O)C(c2ccc(OC(C)=O)c(OC)c2)C(C(=O)OC)=C(C)N=3)cc1. The molecule has 0 aliphatic carbocycles. The van der Waals surface area contributed by atoms with E-state index in [9.17, 15) is 14.4 Å². The summed E-state index contributed by atoms with van der Waals surface area (Å²) in [6.07, 6.45) is 3.67. The Hall–Kier alpha value is -6.28. The van der Waals surface area contributed by atoms with Crippen LogP contribution in [0, 0.1) is 0 Å². The van der Waals surface area contributed by atoms with Crippen LogP contribution in [0.25, 0.3) is 23.0 Å². The predicted molar refractivity (Wildman–Crippen MR) is 194 cm³/mol. The molecule has 6 rings (SSSR count). The summed E-state index contributed by atoms with van der Waals surface area (Å²) < 4.78 is 25.2. The fraction of sp³-hybridized carbons (Fsp3) is 0.211. The molecule has 1 unspecified atom stereocenters. The summed E-state index contributed by atoms with van der Waals surface area (Å²) in [5, 5.41) is 12.3. The van der Waals surface area contributed by atoms with Crippen LogP contribution >= 0.6 is 11.3 Å². The van der Waals surface area contributed by atoms with Gasteiger partial charge in [0.2, 0.25) is 0 Å². The lowest BCUT2D eigenvalue weighted by Crippen LogP contribution is -2.39. The average molecular weight is 725 g/mol. The molecule has 3 heterocycles. The molecule has 0 spiro atoms. The number of aromatic nitrogens is 3. The third-order valence-corrected chi connectivity index (χ3v) is 8.66. The van der Waals surface area contributed by atoms with Crippen molar-refractivity contribution in [1.29, 1.82) is 0 Å². The molecule has 0 saturated carbocycles. The number of methoxy groups -OCH3 is 2. The predicted octanol–water partition coefficient (Wildman–Crippen LogP) is 4.68. The zero-order valence-electron chi connectivity index (χ0n) is 29.3. The number of esters is 2. The zero-order chi connectivity index (χ0) is 37.5. The van der Waals surface area contributed by atoms with E-state index in [-0.39, 0.29) is 22.6 Å². The van der Waals surface area contributed by atoms with Gasteiger partial charge in [0.05, 0.1) is 48.4 Å². The molecule has 1 atom stereocenters. The first-order valence-electron chi connectivity index (χ1n) is 16.0. The molecular formula is C38H36N4O9S. The Labute approximate surface area is 302 Å². The number of para-hydroxylation sites is 1. The Morgan fingerprint density at radius 3 is 2.29 bits per heavy atom. The van der Waals surface area contributed by atoms with Crippen molar-refractivity contribution < 1.29 is 38.4 Å². The van der Waals surface area contributed by atoms with E-state index in [1.54, 1.807) is 35.9 Å². The maximum Gasteiger partial charge on any atom is 0.338 e. The van der Waals surface area contributed by atoms with Gasteiger partial charge in [-0.15, -0.1) is 0 Å². The van der Waals surface area contributed by atoms with Gasteiger partial charge in [0.25, 0.3) is 11.5 Å². The number of fused-ring (bicyclic) bond motifs is 1. The number of ether oxygens (including phenoxy) is 4. The first kappa shape index (κ1) is 37.0. The number of aliphatic carboxylic acids is 1. The van der Waals surface area contributed by atoms with E-state index in [2.05, 4.69) is 4.99 Å². The minimum Gasteiger partial charge on any atom is -0.494 e. The van der Waals surface area contributed by atoms with E-state index in [4.69, 9.17) is 33.9 Å². The van der Waals surface area contributed by atoms with Crippen molar-refractivity contribution in [3.63, 3.8) is 0 Å². The van der Waals surface area contributed by atoms with Crippen LogP contribution in [0.15, 0.2) is 100 Å². The molecule has 0 fully saturated rings. The number of thiazole rings is 1. The lowest BCUT2D eigenvalue weighted by atomic mass is 9.95. The summed E-state index contributed by atoms with van der Waals surface area (Å²) in [6.45, 7) is 6.56. The van der Waals surface area contributed by atoms with Crippen LogP contribution in [0.2, 0.25) is 0 Å². The highest BCUT2D eigenvalue weighted by Crippen LogP contribution is 2.36. The Morgan fingerprint density at radius 2 is 1.67 bits per heavy atom. The summed E-state index contributed by atoms with van der Waals surface area (Å²) in [4.78, 5) is 53.2. The van der Waals surface area contributed by atoms with E-state index in [0.717, 1.165) is 23.9 Å². The molecule has 2 aromatic heterocycles. The molecule has 14 heteroatoms. The van der Waals surface area contributed by atoms with Gasteiger partial charge in [0.1, 0.15) is 11.4 Å². The Morgan fingerprint density at radius 1 is 0.981 bits per heavy atom. The number of carbonyl (C=O) groups excluding carboxylic acids is 2. The van der Waals surface area contributed by atoms with Crippen LogP contribution in [0.5, 0.6) is 17.2 Å². The highest BCUT2D eigenvalue weighted by atomic mass is 32.1.